The summed E-state index contributed by atoms with van der Waals surface area (Å²) < 4.78 is 10.6. The number of hydrogen-bond acceptors (Lipinski definition) is 6. The Balaban J connectivity index is 2.12. The highest BCUT2D eigenvalue weighted by molar-refractivity contribution is 8.18. The van der Waals surface area contributed by atoms with Crippen LogP contribution in [-0.2, 0) is 14.3 Å². The Morgan fingerprint density at radius 3 is 2.73 bits per heavy atom. The van der Waals surface area contributed by atoms with Gasteiger partial charge in [-0.15, -0.1) is 0 Å². The lowest BCUT2D eigenvalue weighted by atomic mass is 10.2. The van der Waals surface area contributed by atoms with E-state index in [-0.39, 0.29) is 24.0 Å². The van der Waals surface area contributed by atoms with Crippen molar-refractivity contribution in [2.75, 3.05) is 19.8 Å². The summed E-state index contributed by atoms with van der Waals surface area (Å²) in [6.45, 7) is 7.60. The molecular formula is C19H21NO5S. The maximum Gasteiger partial charge on any atom is 0.326 e. The second kappa shape index (κ2) is 9.24. The molecule has 138 valence electrons. The minimum absolute atomic E-state index is 0.181. The first-order chi connectivity index (χ1) is 12.4. The molecule has 1 aromatic rings. The van der Waals surface area contributed by atoms with E-state index in [0.717, 1.165) is 16.7 Å². The summed E-state index contributed by atoms with van der Waals surface area (Å²) in [4.78, 5) is 37.5. The molecular weight excluding hydrogens is 354 g/mol. The Kier molecular flexibility index (Phi) is 7.03. The molecule has 1 aliphatic heterocycles. The van der Waals surface area contributed by atoms with E-state index in [9.17, 15) is 14.4 Å². The number of hydrogen-bond donors (Lipinski definition) is 0. The van der Waals surface area contributed by atoms with Gasteiger partial charge < -0.3 is 9.47 Å². The summed E-state index contributed by atoms with van der Waals surface area (Å²) in [5.74, 6) is -0.353. The zero-order chi connectivity index (χ0) is 19.1. The molecule has 0 N–H and O–H groups in total. The fourth-order valence-corrected chi connectivity index (χ4v) is 2.92. The fourth-order valence-electron chi connectivity index (χ4n) is 2.09. The van der Waals surface area contributed by atoms with E-state index in [2.05, 4.69) is 6.58 Å². The van der Waals surface area contributed by atoms with Crippen LogP contribution < -0.4 is 4.74 Å². The smallest absolute Gasteiger partial charge is 0.326 e. The average molecular weight is 375 g/mol. The Hall–Kier alpha value is -2.54. The minimum atomic E-state index is -0.600. The maximum atomic E-state index is 12.5. The van der Waals surface area contributed by atoms with Gasteiger partial charge in [-0.05, 0) is 29.8 Å². The summed E-state index contributed by atoms with van der Waals surface area (Å²) in [5, 5.41) is -0.493. The number of carbonyl (C=O) groups excluding carboxylic acids is 3. The van der Waals surface area contributed by atoms with Gasteiger partial charge >= 0.3 is 5.97 Å². The van der Waals surface area contributed by atoms with Gasteiger partial charge in [0, 0.05) is 5.56 Å². The van der Waals surface area contributed by atoms with Crippen molar-refractivity contribution in [2.45, 2.75) is 13.8 Å². The van der Waals surface area contributed by atoms with Crippen molar-refractivity contribution in [3.05, 3.63) is 47.4 Å². The van der Waals surface area contributed by atoms with Crippen LogP contribution in [0.5, 0.6) is 5.75 Å². The molecule has 26 heavy (non-hydrogen) atoms. The lowest BCUT2D eigenvalue weighted by Crippen LogP contribution is -2.34. The van der Waals surface area contributed by atoms with Gasteiger partial charge in [0.15, 0.2) is 0 Å². The van der Waals surface area contributed by atoms with Gasteiger partial charge in [0.25, 0.3) is 11.1 Å². The Morgan fingerprint density at radius 1 is 1.31 bits per heavy atom. The summed E-state index contributed by atoms with van der Waals surface area (Å²) in [7, 11) is 0. The van der Waals surface area contributed by atoms with Crippen LogP contribution in [0.4, 0.5) is 4.79 Å². The predicted octanol–water partition coefficient (Wildman–Crippen LogP) is 3.49. The average Bonchev–Trinajstić information content (AvgIpc) is 2.86. The van der Waals surface area contributed by atoms with Crippen molar-refractivity contribution >= 4 is 35.0 Å². The van der Waals surface area contributed by atoms with Crippen LogP contribution >= 0.6 is 11.8 Å². The third kappa shape index (κ3) is 5.23. The SMILES string of the molecule is C=CCOc1ccccc1/C=C1\SC(=O)N(CC(=O)OCC(C)C)C1=O. The van der Waals surface area contributed by atoms with Gasteiger partial charge in [-0.2, -0.15) is 0 Å². The molecule has 1 saturated heterocycles. The van der Waals surface area contributed by atoms with Crippen molar-refractivity contribution in [1.29, 1.82) is 0 Å². The molecule has 2 rings (SSSR count). The molecule has 0 aromatic heterocycles. The largest absolute Gasteiger partial charge is 0.489 e. The molecule has 1 heterocycles. The molecule has 0 unspecified atom stereocenters. The van der Waals surface area contributed by atoms with E-state index in [1.165, 1.54) is 0 Å². The third-order valence-electron chi connectivity index (χ3n) is 3.30. The Morgan fingerprint density at radius 2 is 2.04 bits per heavy atom. The van der Waals surface area contributed by atoms with Gasteiger partial charge in [0.05, 0.1) is 11.5 Å². The number of benzene rings is 1. The van der Waals surface area contributed by atoms with Crippen molar-refractivity contribution in [3.8, 4) is 5.75 Å². The zero-order valence-corrected chi connectivity index (χ0v) is 15.6. The second-order valence-electron chi connectivity index (χ2n) is 5.98. The molecule has 0 aliphatic carbocycles. The number of amides is 2. The van der Waals surface area contributed by atoms with Gasteiger partial charge in [-0.1, -0.05) is 44.7 Å². The summed E-state index contributed by atoms with van der Waals surface area (Å²) in [5.41, 5.74) is 0.669. The van der Waals surface area contributed by atoms with Crippen molar-refractivity contribution in [1.82, 2.24) is 4.90 Å². The molecule has 1 fully saturated rings. The van der Waals surface area contributed by atoms with Crippen molar-refractivity contribution < 1.29 is 23.9 Å². The van der Waals surface area contributed by atoms with Crippen LogP contribution in [0.2, 0.25) is 0 Å². The Labute approximate surface area is 156 Å². The van der Waals surface area contributed by atoms with E-state index in [0.29, 0.717) is 17.9 Å². The molecule has 7 heteroatoms. The van der Waals surface area contributed by atoms with Gasteiger partial charge in [-0.25, -0.2) is 0 Å². The van der Waals surface area contributed by atoms with Crippen LogP contribution in [0.3, 0.4) is 0 Å². The first-order valence-corrected chi connectivity index (χ1v) is 8.97. The summed E-state index contributed by atoms with van der Waals surface area (Å²) >= 11 is 0.791. The standard InChI is InChI=1S/C19H21NO5S/c1-4-9-24-15-8-6-5-7-14(15)10-16-18(22)20(19(23)26-16)11-17(21)25-12-13(2)3/h4-8,10,13H,1,9,11-12H2,2-3H3/b16-10-. The van der Waals surface area contributed by atoms with Crippen molar-refractivity contribution in [3.63, 3.8) is 0 Å². The number of imide groups is 1. The Bertz CT molecular complexity index is 741. The summed E-state index contributed by atoms with van der Waals surface area (Å²) in [6, 6.07) is 7.17. The topological polar surface area (TPSA) is 72.9 Å². The van der Waals surface area contributed by atoms with E-state index < -0.39 is 17.1 Å². The van der Waals surface area contributed by atoms with Crippen LogP contribution in [0.25, 0.3) is 6.08 Å². The van der Waals surface area contributed by atoms with E-state index in [1.54, 1.807) is 30.4 Å². The zero-order valence-electron chi connectivity index (χ0n) is 14.8. The minimum Gasteiger partial charge on any atom is -0.489 e. The van der Waals surface area contributed by atoms with E-state index in [1.807, 2.05) is 19.9 Å². The lowest BCUT2D eigenvalue weighted by Gasteiger charge is -2.12. The van der Waals surface area contributed by atoms with E-state index in [4.69, 9.17) is 9.47 Å². The van der Waals surface area contributed by atoms with Gasteiger partial charge in [0.1, 0.15) is 18.9 Å². The highest BCUT2D eigenvalue weighted by Gasteiger charge is 2.36. The molecule has 0 saturated carbocycles. The summed E-state index contributed by atoms with van der Waals surface area (Å²) in [6.07, 6.45) is 3.20. The number of thioether (sulfide) groups is 1. The molecule has 2 amide bonds. The normalized spacial score (nSPS) is 15.7. The molecule has 1 aliphatic rings. The molecule has 6 nitrogen and oxygen atoms in total. The van der Waals surface area contributed by atoms with Crippen molar-refractivity contribution in [2.24, 2.45) is 5.92 Å². The number of para-hydroxylation sites is 1. The van der Waals surface area contributed by atoms with Crippen LogP contribution in [-0.4, -0.2) is 41.8 Å². The molecule has 0 spiro atoms. The molecule has 1 aromatic carbocycles. The highest BCUT2D eigenvalue weighted by Crippen LogP contribution is 2.33. The number of ether oxygens (including phenoxy) is 2. The van der Waals surface area contributed by atoms with E-state index >= 15 is 0 Å². The monoisotopic (exact) mass is 375 g/mol. The number of rotatable bonds is 8. The van der Waals surface area contributed by atoms with Gasteiger partial charge in [0.2, 0.25) is 0 Å². The maximum absolute atomic E-state index is 12.5. The number of nitrogens with zero attached hydrogens (tertiary/aromatic N) is 1. The quantitative estimate of drug-likeness (QED) is 0.393. The van der Waals surface area contributed by atoms with Crippen LogP contribution in [0, 0.1) is 5.92 Å². The first kappa shape index (κ1) is 19.8. The van der Waals surface area contributed by atoms with Gasteiger partial charge in [-0.3, -0.25) is 19.3 Å². The van der Waals surface area contributed by atoms with Crippen LogP contribution in [0.15, 0.2) is 41.8 Å². The lowest BCUT2D eigenvalue weighted by molar-refractivity contribution is -0.147. The number of carbonyl (C=O) groups is 3. The predicted molar refractivity (Wildman–Crippen MR) is 101 cm³/mol. The highest BCUT2D eigenvalue weighted by atomic mass is 32.2. The fraction of sp³-hybridized carbons (Fsp3) is 0.316. The molecule has 0 atom stereocenters. The molecule has 0 radical (unpaired) electrons. The first-order valence-electron chi connectivity index (χ1n) is 8.16. The molecule has 0 bridgehead atoms. The second-order valence-corrected chi connectivity index (χ2v) is 6.98. The number of esters is 1. The third-order valence-corrected chi connectivity index (χ3v) is 4.21. The van der Waals surface area contributed by atoms with Crippen LogP contribution in [0.1, 0.15) is 19.4 Å².